The molecule has 5 rings (SSSR count). The third-order valence-corrected chi connectivity index (χ3v) is 7.51. The molecule has 2 aromatic heterocycles. The van der Waals surface area contributed by atoms with Gasteiger partial charge in [-0.15, -0.1) is 0 Å². The van der Waals surface area contributed by atoms with E-state index >= 15 is 0 Å². The smallest absolute Gasteiger partial charge is 0.262 e. The highest BCUT2D eigenvalue weighted by molar-refractivity contribution is 7.89. The van der Waals surface area contributed by atoms with Gasteiger partial charge in [-0.2, -0.15) is 4.31 Å². The Kier molecular flexibility index (Phi) is 4.95. The Morgan fingerprint density at radius 2 is 1.87 bits per heavy atom. The lowest BCUT2D eigenvalue weighted by molar-refractivity contribution is 0.468. The molecule has 7 nitrogen and oxygen atoms in total. The molecule has 1 aliphatic rings. The van der Waals surface area contributed by atoms with Crippen molar-refractivity contribution in [3.8, 4) is 0 Å². The summed E-state index contributed by atoms with van der Waals surface area (Å²) in [6, 6.07) is 18.1. The molecule has 2 atom stereocenters. The summed E-state index contributed by atoms with van der Waals surface area (Å²) >= 11 is 0. The molecule has 2 unspecified atom stereocenters. The highest BCUT2D eigenvalue weighted by atomic mass is 32.2. The van der Waals surface area contributed by atoms with Crippen LogP contribution in [-0.2, 0) is 17.1 Å². The molecule has 0 radical (unpaired) electrons. The van der Waals surface area contributed by atoms with Gasteiger partial charge in [0.05, 0.1) is 6.33 Å². The molecule has 3 heterocycles. The second-order valence-corrected chi connectivity index (χ2v) is 9.79. The molecule has 2 aromatic carbocycles. The zero-order valence-electron chi connectivity index (χ0n) is 17.1. The molecule has 1 saturated heterocycles. The van der Waals surface area contributed by atoms with Crippen LogP contribution in [0.25, 0.3) is 10.8 Å². The number of hydrogen-bond acceptors (Lipinski definition) is 5. The third kappa shape index (κ3) is 3.80. The largest absolute Gasteiger partial charge is 0.380 e. The summed E-state index contributed by atoms with van der Waals surface area (Å²) < 4.78 is 29.6. The Balaban J connectivity index is 1.47. The van der Waals surface area contributed by atoms with Crippen molar-refractivity contribution in [2.75, 3.05) is 18.4 Å². The fourth-order valence-electron chi connectivity index (χ4n) is 4.19. The fourth-order valence-corrected chi connectivity index (χ4v) is 5.65. The molecule has 4 aromatic rings. The van der Waals surface area contributed by atoms with E-state index < -0.39 is 10.0 Å². The monoisotopic (exact) mass is 433 g/mol. The molecule has 0 saturated carbocycles. The van der Waals surface area contributed by atoms with Crippen molar-refractivity contribution in [1.29, 1.82) is 0 Å². The van der Waals surface area contributed by atoms with Crippen LogP contribution in [0.2, 0.25) is 0 Å². The Morgan fingerprint density at radius 1 is 1.03 bits per heavy atom. The highest BCUT2D eigenvalue weighted by Crippen LogP contribution is 2.33. The van der Waals surface area contributed by atoms with E-state index in [1.54, 1.807) is 24.0 Å². The van der Waals surface area contributed by atoms with Gasteiger partial charge in [-0.05, 0) is 29.1 Å². The molecule has 1 N–H and O–H groups in total. The average molecular weight is 434 g/mol. The summed E-state index contributed by atoms with van der Waals surface area (Å²) in [5, 5.41) is 5.83. The maximum atomic E-state index is 13.2. The van der Waals surface area contributed by atoms with Crippen molar-refractivity contribution in [3.63, 3.8) is 0 Å². The molecule has 8 heteroatoms. The Labute approximate surface area is 181 Å². The summed E-state index contributed by atoms with van der Waals surface area (Å²) in [6.07, 6.45) is 6.67. The number of nitrogens with one attached hydrogen (secondary N) is 1. The zero-order chi connectivity index (χ0) is 21.4. The van der Waals surface area contributed by atoms with E-state index in [0.717, 1.165) is 22.0 Å². The molecule has 1 fully saturated rings. The number of pyridine rings is 1. The standard InChI is InChI=1S/C23H23N5O2S/c1-27-15-23(25-16-27)31(29,30)28-13-21(17-5-3-2-4-6-17)22(14-28)26-20-8-7-19-12-24-10-9-18(19)11-20/h2-12,15-16,21-22,26H,13-14H2,1H3. The second-order valence-electron chi connectivity index (χ2n) is 7.91. The molecule has 31 heavy (non-hydrogen) atoms. The average Bonchev–Trinajstić information content (AvgIpc) is 3.42. The van der Waals surface area contributed by atoms with Crippen molar-refractivity contribution in [2.45, 2.75) is 17.0 Å². The molecule has 0 amide bonds. The van der Waals surface area contributed by atoms with Gasteiger partial charge >= 0.3 is 0 Å². The van der Waals surface area contributed by atoms with E-state index in [2.05, 4.69) is 33.5 Å². The summed E-state index contributed by atoms with van der Waals surface area (Å²) in [6.45, 7) is 0.769. The number of rotatable bonds is 5. The van der Waals surface area contributed by atoms with Gasteiger partial charge in [-0.1, -0.05) is 36.4 Å². The van der Waals surface area contributed by atoms with Crippen LogP contribution in [0.4, 0.5) is 5.69 Å². The van der Waals surface area contributed by atoms with Crippen LogP contribution in [0, 0.1) is 0 Å². The van der Waals surface area contributed by atoms with E-state index in [1.807, 2.05) is 42.6 Å². The topological polar surface area (TPSA) is 80.1 Å². The Hall–Kier alpha value is -3.23. The van der Waals surface area contributed by atoms with Crippen LogP contribution in [0.3, 0.4) is 0 Å². The quantitative estimate of drug-likeness (QED) is 0.523. The van der Waals surface area contributed by atoms with Gasteiger partial charge in [0.1, 0.15) is 0 Å². The minimum Gasteiger partial charge on any atom is -0.380 e. The third-order valence-electron chi connectivity index (χ3n) is 5.79. The minimum atomic E-state index is -3.67. The molecular formula is C23H23N5O2S. The van der Waals surface area contributed by atoms with E-state index in [-0.39, 0.29) is 17.0 Å². The molecular weight excluding hydrogens is 410 g/mol. The van der Waals surface area contributed by atoms with Crippen LogP contribution in [0.5, 0.6) is 0 Å². The number of fused-ring (bicyclic) bond motifs is 1. The first-order valence-electron chi connectivity index (χ1n) is 10.1. The number of aromatic nitrogens is 3. The molecule has 1 aliphatic heterocycles. The van der Waals surface area contributed by atoms with Crippen LogP contribution >= 0.6 is 0 Å². The summed E-state index contributed by atoms with van der Waals surface area (Å²) in [4.78, 5) is 8.24. The fraction of sp³-hybridized carbons (Fsp3) is 0.217. The Bertz CT molecular complexity index is 1320. The number of aryl methyl sites for hydroxylation is 1. The van der Waals surface area contributed by atoms with Crippen molar-refractivity contribution in [2.24, 2.45) is 7.05 Å². The van der Waals surface area contributed by atoms with Crippen LogP contribution < -0.4 is 5.32 Å². The summed E-state index contributed by atoms with van der Waals surface area (Å²) in [5.74, 6) is 0.0211. The van der Waals surface area contributed by atoms with Gasteiger partial charge < -0.3 is 9.88 Å². The number of anilines is 1. The first-order valence-corrected chi connectivity index (χ1v) is 11.6. The van der Waals surface area contributed by atoms with Crippen LogP contribution in [0.1, 0.15) is 11.5 Å². The number of imidazole rings is 1. The van der Waals surface area contributed by atoms with Crippen molar-refractivity contribution < 1.29 is 8.42 Å². The van der Waals surface area contributed by atoms with Gasteiger partial charge in [0.15, 0.2) is 5.03 Å². The maximum absolute atomic E-state index is 13.2. The molecule has 0 bridgehead atoms. The minimum absolute atomic E-state index is 0.0211. The predicted octanol–water partition coefficient (Wildman–Crippen LogP) is 3.24. The van der Waals surface area contributed by atoms with Gasteiger partial charge in [-0.25, -0.2) is 13.4 Å². The first-order chi connectivity index (χ1) is 15.0. The van der Waals surface area contributed by atoms with E-state index in [0.29, 0.717) is 13.1 Å². The highest BCUT2D eigenvalue weighted by Gasteiger charge is 2.40. The van der Waals surface area contributed by atoms with Crippen molar-refractivity contribution in [1.82, 2.24) is 18.8 Å². The molecule has 0 spiro atoms. The van der Waals surface area contributed by atoms with E-state index in [4.69, 9.17) is 0 Å². The SMILES string of the molecule is Cn1cnc(S(=O)(=O)N2CC(Nc3ccc4cnccc4c3)C(c3ccccc3)C2)c1. The number of sulfonamides is 1. The first kappa shape index (κ1) is 19.7. The van der Waals surface area contributed by atoms with Crippen LogP contribution in [0.15, 0.2) is 84.5 Å². The van der Waals surface area contributed by atoms with Crippen molar-refractivity contribution in [3.05, 3.63) is 85.1 Å². The van der Waals surface area contributed by atoms with Gasteiger partial charge in [0.2, 0.25) is 0 Å². The van der Waals surface area contributed by atoms with Gasteiger partial charge in [-0.3, -0.25) is 4.98 Å². The maximum Gasteiger partial charge on any atom is 0.262 e. The molecule has 0 aliphatic carbocycles. The normalized spacial score (nSPS) is 19.6. The lowest BCUT2D eigenvalue weighted by Crippen LogP contribution is -2.32. The lowest BCUT2D eigenvalue weighted by atomic mass is 9.94. The predicted molar refractivity (Wildman–Crippen MR) is 120 cm³/mol. The number of benzene rings is 2. The van der Waals surface area contributed by atoms with E-state index in [9.17, 15) is 8.42 Å². The second kappa shape index (κ2) is 7.79. The summed E-state index contributed by atoms with van der Waals surface area (Å²) in [7, 11) is -1.90. The van der Waals surface area contributed by atoms with E-state index in [1.165, 1.54) is 10.6 Å². The van der Waals surface area contributed by atoms with Crippen LogP contribution in [-0.4, -0.2) is 46.4 Å². The molecule has 158 valence electrons. The zero-order valence-corrected chi connectivity index (χ0v) is 17.9. The lowest BCUT2D eigenvalue weighted by Gasteiger charge is -2.21. The summed E-state index contributed by atoms with van der Waals surface area (Å²) in [5.41, 5.74) is 2.07. The van der Waals surface area contributed by atoms with Gasteiger partial charge in [0, 0.05) is 61.8 Å². The van der Waals surface area contributed by atoms with Gasteiger partial charge in [0.25, 0.3) is 10.0 Å². The van der Waals surface area contributed by atoms with Crippen molar-refractivity contribution >= 4 is 26.5 Å². The number of hydrogen-bond donors (Lipinski definition) is 1. The Morgan fingerprint density at radius 3 is 2.65 bits per heavy atom. The number of nitrogens with zero attached hydrogens (tertiary/aromatic N) is 4.